The van der Waals surface area contributed by atoms with Crippen LogP contribution in [0.25, 0.3) is 21.4 Å². The van der Waals surface area contributed by atoms with Gasteiger partial charge in [0.1, 0.15) is 22.4 Å². The molecule has 3 rings (SSSR count). The molecule has 1 N–H and O–H groups in total. The number of hydrogen-bond acceptors (Lipinski definition) is 5. The SMILES string of the molecule is N#CC(=C(O)c1cccc(C(F)(F)F)c1)c1nc(=O)c2ccccc2s1. The van der Waals surface area contributed by atoms with Gasteiger partial charge in [-0.3, -0.25) is 4.79 Å². The number of aliphatic hydroxyl groups is 1. The molecule has 0 saturated carbocycles. The van der Waals surface area contributed by atoms with E-state index in [1.807, 2.05) is 0 Å². The number of allylic oxidation sites excluding steroid dienone is 1. The van der Waals surface area contributed by atoms with Crippen LogP contribution in [0, 0.1) is 11.3 Å². The molecule has 0 radical (unpaired) electrons. The monoisotopic (exact) mass is 374 g/mol. The molecule has 0 aliphatic rings. The Morgan fingerprint density at radius 2 is 1.88 bits per heavy atom. The van der Waals surface area contributed by atoms with E-state index < -0.39 is 23.1 Å². The Morgan fingerprint density at radius 1 is 1.15 bits per heavy atom. The number of rotatable bonds is 2. The van der Waals surface area contributed by atoms with Crippen LogP contribution in [0.3, 0.4) is 0 Å². The van der Waals surface area contributed by atoms with Crippen molar-refractivity contribution in [3.05, 3.63) is 75.0 Å². The Balaban J connectivity index is 2.20. The van der Waals surface area contributed by atoms with Gasteiger partial charge in [-0.2, -0.15) is 23.4 Å². The molecule has 2 aromatic carbocycles. The maximum Gasteiger partial charge on any atom is 0.416 e. The molecule has 1 aromatic heterocycles. The molecule has 1 heterocycles. The Hall–Kier alpha value is -3.18. The topological polar surface area (TPSA) is 74.0 Å². The van der Waals surface area contributed by atoms with Crippen molar-refractivity contribution in [2.24, 2.45) is 0 Å². The first-order valence-electron chi connectivity index (χ1n) is 7.22. The van der Waals surface area contributed by atoms with Gasteiger partial charge in [-0.05, 0) is 24.3 Å². The molecule has 0 saturated heterocycles. The van der Waals surface area contributed by atoms with Gasteiger partial charge in [-0.1, -0.05) is 24.3 Å². The third kappa shape index (κ3) is 3.30. The molecule has 26 heavy (non-hydrogen) atoms. The van der Waals surface area contributed by atoms with Gasteiger partial charge in [0.2, 0.25) is 0 Å². The summed E-state index contributed by atoms with van der Waals surface area (Å²) >= 11 is 0.993. The molecule has 0 atom stereocenters. The van der Waals surface area contributed by atoms with E-state index in [1.54, 1.807) is 30.3 Å². The molecule has 0 aliphatic carbocycles. The lowest BCUT2D eigenvalue weighted by Crippen LogP contribution is -2.08. The second-order valence-corrected chi connectivity index (χ2v) is 6.26. The standard InChI is InChI=1S/C18H9F3N2O2S/c19-18(20,21)11-5-3-4-10(8-11)15(24)13(9-22)17-23-16(25)12-6-1-2-7-14(12)26-17/h1-8,24H. The molecule has 130 valence electrons. The second-order valence-electron chi connectivity index (χ2n) is 5.23. The minimum atomic E-state index is -4.59. The van der Waals surface area contributed by atoms with E-state index in [4.69, 9.17) is 0 Å². The fourth-order valence-electron chi connectivity index (χ4n) is 2.31. The molecule has 0 unspecified atom stereocenters. The van der Waals surface area contributed by atoms with Gasteiger partial charge in [0, 0.05) is 10.3 Å². The maximum absolute atomic E-state index is 12.9. The number of nitriles is 1. The first kappa shape index (κ1) is 17.6. The van der Waals surface area contributed by atoms with Crippen LogP contribution in [0.4, 0.5) is 13.2 Å². The Kier molecular flexibility index (Phi) is 4.49. The summed E-state index contributed by atoms with van der Waals surface area (Å²) in [7, 11) is 0. The first-order valence-corrected chi connectivity index (χ1v) is 8.04. The Bertz CT molecular complexity index is 1130. The van der Waals surface area contributed by atoms with Crippen molar-refractivity contribution >= 4 is 32.8 Å². The third-order valence-electron chi connectivity index (χ3n) is 3.55. The average molecular weight is 374 g/mol. The number of nitrogens with zero attached hydrogens (tertiary/aromatic N) is 2. The molecule has 8 heteroatoms. The van der Waals surface area contributed by atoms with E-state index in [0.29, 0.717) is 10.1 Å². The number of aliphatic hydroxyl groups excluding tert-OH is 1. The largest absolute Gasteiger partial charge is 0.506 e. The fraction of sp³-hybridized carbons (Fsp3) is 0.0556. The number of fused-ring (bicyclic) bond motifs is 1. The van der Waals surface area contributed by atoms with Gasteiger partial charge in [-0.25, -0.2) is 0 Å². The zero-order chi connectivity index (χ0) is 18.9. The van der Waals surface area contributed by atoms with Gasteiger partial charge in [0.25, 0.3) is 5.56 Å². The van der Waals surface area contributed by atoms with Crippen molar-refractivity contribution in [2.75, 3.05) is 0 Å². The highest BCUT2D eigenvalue weighted by molar-refractivity contribution is 7.19. The predicted octanol–water partition coefficient (Wildman–Crippen LogP) is 4.63. The summed E-state index contributed by atoms with van der Waals surface area (Å²) in [6.45, 7) is 0. The van der Waals surface area contributed by atoms with E-state index in [9.17, 15) is 28.3 Å². The summed E-state index contributed by atoms with van der Waals surface area (Å²) in [4.78, 5) is 15.9. The van der Waals surface area contributed by atoms with Crippen LogP contribution in [-0.4, -0.2) is 10.1 Å². The van der Waals surface area contributed by atoms with Gasteiger partial charge in [-0.15, -0.1) is 11.3 Å². The van der Waals surface area contributed by atoms with Crippen LogP contribution >= 0.6 is 11.3 Å². The molecule has 3 aromatic rings. The number of aromatic nitrogens is 1. The van der Waals surface area contributed by atoms with Crippen molar-refractivity contribution in [1.82, 2.24) is 4.98 Å². The van der Waals surface area contributed by atoms with Gasteiger partial charge < -0.3 is 5.11 Å². The fourth-order valence-corrected chi connectivity index (χ4v) is 3.30. The number of halogens is 3. The van der Waals surface area contributed by atoms with Gasteiger partial charge in [0.15, 0.2) is 0 Å². The van der Waals surface area contributed by atoms with Crippen LogP contribution in [0.15, 0.2) is 53.3 Å². The number of alkyl halides is 3. The molecule has 0 amide bonds. The Morgan fingerprint density at radius 3 is 2.58 bits per heavy atom. The van der Waals surface area contributed by atoms with Gasteiger partial charge in [0.05, 0.1) is 10.9 Å². The lowest BCUT2D eigenvalue weighted by molar-refractivity contribution is -0.137. The third-order valence-corrected chi connectivity index (χ3v) is 4.62. The summed E-state index contributed by atoms with van der Waals surface area (Å²) < 4.78 is 39.1. The second kappa shape index (κ2) is 6.61. The van der Waals surface area contributed by atoms with Crippen LogP contribution < -0.4 is 5.56 Å². The lowest BCUT2D eigenvalue weighted by Gasteiger charge is -2.09. The average Bonchev–Trinajstić information content (AvgIpc) is 2.62. The number of benzene rings is 2. The molecule has 0 bridgehead atoms. The van der Waals surface area contributed by atoms with E-state index in [2.05, 4.69) is 4.98 Å². The zero-order valence-corrected chi connectivity index (χ0v) is 13.7. The highest BCUT2D eigenvalue weighted by atomic mass is 32.1. The number of hydrogen-bond donors (Lipinski definition) is 1. The smallest absolute Gasteiger partial charge is 0.416 e. The van der Waals surface area contributed by atoms with Crippen LogP contribution in [0.5, 0.6) is 0 Å². The molecule has 4 nitrogen and oxygen atoms in total. The van der Waals surface area contributed by atoms with Crippen molar-refractivity contribution in [3.63, 3.8) is 0 Å². The maximum atomic E-state index is 12.9. The van der Waals surface area contributed by atoms with Crippen LogP contribution in [-0.2, 0) is 6.18 Å². The molecule has 0 spiro atoms. The summed E-state index contributed by atoms with van der Waals surface area (Å²) in [5, 5.41) is 20.0. The molecular formula is C18H9F3N2O2S. The summed E-state index contributed by atoms with van der Waals surface area (Å²) in [5.74, 6) is -0.669. The zero-order valence-electron chi connectivity index (χ0n) is 12.9. The van der Waals surface area contributed by atoms with E-state index >= 15 is 0 Å². The normalized spacial score (nSPS) is 12.5. The lowest BCUT2D eigenvalue weighted by atomic mass is 10.1. The van der Waals surface area contributed by atoms with Crippen LogP contribution in [0.2, 0.25) is 0 Å². The van der Waals surface area contributed by atoms with E-state index in [0.717, 1.165) is 29.5 Å². The van der Waals surface area contributed by atoms with E-state index in [-0.39, 0.29) is 16.1 Å². The highest BCUT2D eigenvalue weighted by Crippen LogP contribution is 2.33. The van der Waals surface area contributed by atoms with Crippen molar-refractivity contribution in [1.29, 1.82) is 5.26 Å². The van der Waals surface area contributed by atoms with Crippen LogP contribution in [0.1, 0.15) is 16.1 Å². The quantitative estimate of drug-likeness (QED) is 0.524. The summed E-state index contributed by atoms with van der Waals surface area (Å²) in [5.41, 5.74) is -2.10. The van der Waals surface area contributed by atoms with Crippen molar-refractivity contribution in [3.8, 4) is 6.07 Å². The Labute approximate surface area is 149 Å². The molecule has 0 fully saturated rings. The first-order chi connectivity index (χ1) is 12.3. The van der Waals surface area contributed by atoms with Crippen molar-refractivity contribution in [2.45, 2.75) is 6.18 Å². The molecule has 0 aliphatic heterocycles. The minimum absolute atomic E-state index is 0.0638. The van der Waals surface area contributed by atoms with Crippen molar-refractivity contribution < 1.29 is 18.3 Å². The predicted molar refractivity (Wildman–Crippen MR) is 92.4 cm³/mol. The van der Waals surface area contributed by atoms with E-state index in [1.165, 1.54) is 6.07 Å². The minimum Gasteiger partial charge on any atom is -0.506 e. The summed E-state index contributed by atoms with van der Waals surface area (Å²) in [6.07, 6.45) is -4.59. The summed E-state index contributed by atoms with van der Waals surface area (Å²) in [6, 6.07) is 12.3. The van der Waals surface area contributed by atoms with Gasteiger partial charge >= 0.3 is 6.18 Å². The molecular weight excluding hydrogens is 365 g/mol. The highest BCUT2D eigenvalue weighted by Gasteiger charge is 2.31.